The number of hydrogen-bond donors (Lipinski definition) is 2. The number of aromatic nitrogens is 2. The maximum atomic E-state index is 11.7. The summed E-state index contributed by atoms with van der Waals surface area (Å²) in [4.78, 5) is 11.7. The first kappa shape index (κ1) is 16.8. The average Bonchev–Trinajstić information content (AvgIpc) is 2.99. The van der Waals surface area contributed by atoms with Crippen LogP contribution in [-0.4, -0.2) is 14.9 Å². The number of aryl methyl sites for hydroxylation is 2. The molecule has 6 nitrogen and oxygen atoms in total. The van der Waals surface area contributed by atoms with E-state index in [1.54, 1.807) is 10.7 Å². The number of aromatic hydroxyl groups is 1. The fourth-order valence-electron chi connectivity index (χ4n) is 3.09. The first-order valence-corrected chi connectivity index (χ1v) is 8.55. The lowest BCUT2D eigenvalue weighted by Gasteiger charge is -2.09. The number of nitrogens with one attached hydrogen (secondary N) is 1. The molecule has 0 atom stereocenters. The van der Waals surface area contributed by atoms with E-state index >= 15 is 0 Å². The van der Waals surface area contributed by atoms with Crippen LogP contribution in [0.3, 0.4) is 0 Å². The SMILES string of the molecule is Cc1ccc(-n2[nH]c(=O)cc2C)c(N=Nc2c(O)ccc3ccccc23)c1. The van der Waals surface area contributed by atoms with Crippen LogP contribution in [0.4, 0.5) is 11.4 Å². The van der Waals surface area contributed by atoms with Crippen LogP contribution < -0.4 is 5.56 Å². The Balaban J connectivity index is 1.87. The summed E-state index contributed by atoms with van der Waals surface area (Å²) in [5, 5.41) is 23.6. The highest BCUT2D eigenvalue weighted by Crippen LogP contribution is 2.36. The minimum absolute atomic E-state index is 0.0669. The van der Waals surface area contributed by atoms with Gasteiger partial charge in [0.25, 0.3) is 5.56 Å². The van der Waals surface area contributed by atoms with Crippen LogP contribution in [0.1, 0.15) is 11.3 Å². The summed E-state index contributed by atoms with van der Waals surface area (Å²) in [6.45, 7) is 3.80. The fourth-order valence-corrected chi connectivity index (χ4v) is 3.09. The van der Waals surface area contributed by atoms with Gasteiger partial charge in [0.05, 0.1) is 5.69 Å². The molecule has 4 aromatic rings. The first-order chi connectivity index (χ1) is 13.0. The van der Waals surface area contributed by atoms with E-state index in [-0.39, 0.29) is 11.3 Å². The third-order valence-corrected chi connectivity index (χ3v) is 4.42. The molecule has 6 heteroatoms. The van der Waals surface area contributed by atoms with E-state index < -0.39 is 0 Å². The highest BCUT2D eigenvalue weighted by Gasteiger charge is 2.10. The molecule has 1 aromatic heterocycles. The molecule has 0 radical (unpaired) electrons. The Hall–Kier alpha value is -3.67. The van der Waals surface area contributed by atoms with E-state index in [4.69, 9.17) is 0 Å². The predicted molar refractivity (Wildman–Crippen MR) is 106 cm³/mol. The Morgan fingerprint density at radius 2 is 1.78 bits per heavy atom. The van der Waals surface area contributed by atoms with Crippen LogP contribution in [0.2, 0.25) is 0 Å². The molecule has 0 amide bonds. The zero-order chi connectivity index (χ0) is 19.0. The molecule has 134 valence electrons. The lowest BCUT2D eigenvalue weighted by Crippen LogP contribution is -2.04. The van der Waals surface area contributed by atoms with Gasteiger partial charge in [-0.3, -0.25) is 14.6 Å². The molecule has 3 aromatic carbocycles. The van der Waals surface area contributed by atoms with Gasteiger partial charge in [0.1, 0.15) is 17.1 Å². The van der Waals surface area contributed by atoms with E-state index in [1.807, 2.05) is 62.4 Å². The molecule has 2 N–H and O–H groups in total. The Bertz CT molecular complexity index is 1230. The molecule has 0 unspecified atom stereocenters. The van der Waals surface area contributed by atoms with Gasteiger partial charge in [0, 0.05) is 17.1 Å². The van der Waals surface area contributed by atoms with Crippen LogP contribution in [-0.2, 0) is 0 Å². The number of rotatable bonds is 3. The zero-order valence-corrected chi connectivity index (χ0v) is 15.0. The second-order valence-corrected chi connectivity index (χ2v) is 6.44. The van der Waals surface area contributed by atoms with Crippen molar-refractivity contribution in [2.24, 2.45) is 10.2 Å². The van der Waals surface area contributed by atoms with Crippen LogP contribution in [0.25, 0.3) is 16.5 Å². The molecular weight excluding hydrogens is 340 g/mol. The molecular formula is C21H18N4O2. The number of azo groups is 1. The van der Waals surface area contributed by atoms with Crippen molar-refractivity contribution < 1.29 is 5.11 Å². The molecule has 0 aliphatic heterocycles. The quantitative estimate of drug-likeness (QED) is 0.502. The third kappa shape index (κ3) is 3.13. The fraction of sp³-hybridized carbons (Fsp3) is 0.0952. The van der Waals surface area contributed by atoms with E-state index in [0.717, 1.165) is 22.0 Å². The summed E-state index contributed by atoms with van der Waals surface area (Å²) in [5.74, 6) is 0.0669. The monoisotopic (exact) mass is 358 g/mol. The number of nitrogens with zero attached hydrogens (tertiary/aromatic N) is 3. The lowest BCUT2D eigenvalue weighted by molar-refractivity contribution is 0.477. The molecule has 0 bridgehead atoms. The average molecular weight is 358 g/mol. The summed E-state index contributed by atoms with van der Waals surface area (Å²) in [5.41, 5.74) is 3.33. The highest BCUT2D eigenvalue weighted by atomic mass is 16.3. The summed E-state index contributed by atoms with van der Waals surface area (Å²) < 4.78 is 1.68. The van der Waals surface area contributed by atoms with Crippen LogP contribution in [0.15, 0.2) is 75.7 Å². The predicted octanol–water partition coefficient (Wildman–Crippen LogP) is 5.06. The van der Waals surface area contributed by atoms with Crippen molar-refractivity contribution in [3.8, 4) is 11.4 Å². The van der Waals surface area contributed by atoms with Crippen LogP contribution >= 0.6 is 0 Å². The van der Waals surface area contributed by atoms with Crippen LogP contribution in [0.5, 0.6) is 5.75 Å². The Labute approximate surface area is 155 Å². The van der Waals surface area contributed by atoms with Gasteiger partial charge in [-0.25, -0.2) is 0 Å². The minimum Gasteiger partial charge on any atom is -0.506 e. The van der Waals surface area contributed by atoms with Crippen molar-refractivity contribution in [2.45, 2.75) is 13.8 Å². The van der Waals surface area contributed by atoms with Gasteiger partial charge < -0.3 is 5.11 Å². The van der Waals surface area contributed by atoms with E-state index in [1.165, 1.54) is 6.07 Å². The summed E-state index contributed by atoms with van der Waals surface area (Å²) >= 11 is 0. The number of fused-ring (bicyclic) bond motifs is 1. The van der Waals surface area contributed by atoms with Gasteiger partial charge in [-0.1, -0.05) is 36.4 Å². The molecule has 0 spiro atoms. The second-order valence-electron chi connectivity index (χ2n) is 6.44. The smallest absolute Gasteiger partial charge is 0.264 e. The molecule has 0 fully saturated rings. The van der Waals surface area contributed by atoms with Gasteiger partial charge >= 0.3 is 0 Å². The third-order valence-electron chi connectivity index (χ3n) is 4.42. The minimum atomic E-state index is -0.178. The molecule has 0 saturated heterocycles. The van der Waals surface area contributed by atoms with Crippen molar-refractivity contribution in [2.75, 3.05) is 0 Å². The van der Waals surface area contributed by atoms with Gasteiger partial charge in [-0.2, -0.15) is 0 Å². The Kier molecular flexibility index (Phi) is 4.08. The molecule has 4 rings (SSSR count). The summed E-state index contributed by atoms with van der Waals surface area (Å²) in [7, 11) is 0. The number of phenolic OH excluding ortho intramolecular Hbond substituents is 1. The number of benzene rings is 3. The van der Waals surface area contributed by atoms with E-state index in [2.05, 4.69) is 15.3 Å². The Morgan fingerprint density at radius 1 is 0.963 bits per heavy atom. The molecule has 0 aliphatic carbocycles. The highest BCUT2D eigenvalue weighted by molar-refractivity contribution is 5.95. The van der Waals surface area contributed by atoms with E-state index in [9.17, 15) is 9.90 Å². The number of aromatic amines is 1. The first-order valence-electron chi connectivity index (χ1n) is 8.55. The number of H-pyrrole nitrogens is 1. The molecule has 0 saturated carbocycles. The number of phenols is 1. The topological polar surface area (TPSA) is 82.7 Å². The van der Waals surface area contributed by atoms with Crippen molar-refractivity contribution in [3.05, 3.63) is 82.3 Å². The second kappa shape index (κ2) is 6.57. The maximum absolute atomic E-state index is 11.7. The number of hydrogen-bond acceptors (Lipinski definition) is 4. The van der Waals surface area contributed by atoms with Gasteiger partial charge in [-0.15, -0.1) is 10.2 Å². The largest absolute Gasteiger partial charge is 0.506 e. The Morgan fingerprint density at radius 3 is 2.56 bits per heavy atom. The van der Waals surface area contributed by atoms with Crippen molar-refractivity contribution >= 4 is 22.1 Å². The van der Waals surface area contributed by atoms with Gasteiger partial charge in [0.15, 0.2) is 0 Å². The maximum Gasteiger partial charge on any atom is 0.264 e. The summed E-state index contributed by atoms with van der Waals surface area (Å²) in [6.07, 6.45) is 0. The van der Waals surface area contributed by atoms with E-state index in [0.29, 0.717) is 17.1 Å². The van der Waals surface area contributed by atoms with Crippen molar-refractivity contribution in [3.63, 3.8) is 0 Å². The molecule has 1 heterocycles. The van der Waals surface area contributed by atoms with Crippen LogP contribution in [0, 0.1) is 13.8 Å². The van der Waals surface area contributed by atoms with Gasteiger partial charge in [0.2, 0.25) is 0 Å². The van der Waals surface area contributed by atoms with Crippen molar-refractivity contribution in [1.82, 2.24) is 9.78 Å². The van der Waals surface area contributed by atoms with Crippen molar-refractivity contribution in [1.29, 1.82) is 0 Å². The standard InChI is InChI=1S/C21H18N4O2/c1-13-7-9-18(25-14(2)12-20(27)24-25)17(11-13)22-23-21-16-6-4-3-5-15(16)8-10-19(21)26/h3-12,26H,1-2H3,(H,24,27). The summed E-state index contributed by atoms with van der Waals surface area (Å²) in [6, 6.07) is 18.4. The molecule has 27 heavy (non-hydrogen) atoms. The normalized spacial score (nSPS) is 11.5. The van der Waals surface area contributed by atoms with Gasteiger partial charge in [-0.05, 0) is 43.0 Å². The lowest BCUT2D eigenvalue weighted by atomic mass is 10.1. The molecule has 0 aliphatic rings. The zero-order valence-electron chi connectivity index (χ0n) is 15.0.